The molecule has 0 amide bonds. The van der Waals surface area contributed by atoms with Gasteiger partial charge in [0.25, 0.3) is 0 Å². The van der Waals surface area contributed by atoms with Gasteiger partial charge in [0.2, 0.25) is 0 Å². The topological polar surface area (TPSA) is 43.8 Å². The first-order valence-corrected chi connectivity index (χ1v) is 6.71. The molecule has 1 heterocycles. The highest BCUT2D eigenvalue weighted by atomic mass is 19.1. The van der Waals surface area contributed by atoms with Crippen molar-refractivity contribution in [1.29, 1.82) is 0 Å². The highest BCUT2D eigenvalue weighted by Gasteiger charge is 2.14. The summed E-state index contributed by atoms with van der Waals surface area (Å²) in [6.07, 6.45) is 1.80. The molecule has 2 N–H and O–H groups in total. The van der Waals surface area contributed by atoms with Crippen molar-refractivity contribution >= 4 is 0 Å². The molecule has 1 aromatic heterocycles. The number of hydrogen-bond acceptors (Lipinski definition) is 2. The van der Waals surface area contributed by atoms with Crippen molar-refractivity contribution in [2.24, 2.45) is 5.73 Å². The van der Waals surface area contributed by atoms with E-state index in [4.69, 9.17) is 5.73 Å². The highest BCUT2D eigenvalue weighted by Crippen LogP contribution is 2.17. The minimum atomic E-state index is -0.379. The summed E-state index contributed by atoms with van der Waals surface area (Å²) in [6, 6.07) is 8.36. The van der Waals surface area contributed by atoms with Crippen LogP contribution in [0.25, 0.3) is 0 Å². The Balaban J connectivity index is 2.21. The average Bonchev–Trinajstić information content (AvgIpc) is 2.81. The van der Waals surface area contributed by atoms with Crippen molar-refractivity contribution in [1.82, 2.24) is 9.78 Å². The predicted molar refractivity (Wildman–Crippen MR) is 74.3 cm³/mol. The van der Waals surface area contributed by atoms with Gasteiger partial charge in [-0.1, -0.05) is 32.0 Å². The summed E-state index contributed by atoms with van der Waals surface area (Å²) in [5, 5.41) is 4.51. The monoisotopic (exact) mass is 261 g/mol. The molecular formula is C15H20FN3. The lowest BCUT2D eigenvalue weighted by Crippen LogP contribution is -2.20. The second-order valence-electron chi connectivity index (χ2n) is 4.64. The Bertz CT molecular complexity index is 548. The van der Waals surface area contributed by atoms with Crippen LogP contribution in [0.3, 0.4) is 0 Å². The Kier molecular flexibility index (Phi) is 4.32. The van der Waals surface area contributed by atoms with Crippen LogP contribution in [0, 0.1) is 5.82 Å². The van der Waals surface area contributed by atoms with E-state index in [2.05, 4.69) is 25.0 Å². The third-order valence-corrected chi connectivity index (χ3v) is 3.31. The van der Waals surface area contributed by atoms with Crippen LogP contribution in [0.2, 0.25) is 0 Å². The van der Waals surface area contributed by atoms with E-state index in [1.165, 1.54) is 6.07 Å². The summed E-state index contributed by atoms with van der Waals surface area (Å²) in [6.45, 7) is 4.66. The third-order valence-electron chi connectivity index (χ3n) is 3.31. The number of aryl methyl sites for hydroxylation is 2. The van der Waals surface area contributed by atoms with Gasteiger partial charge < -0.3 is 5.73 Å². The van der Waals surface area contributed by atoms with Crippen molar-refractivity contribution in [2.45, 2.75) is 39.3 Å². The molecule has 1 atom stereocenters. The fourth-order valence-electron chi connectivity index (χ4n) is 2.19. The van der Waals surface area contributed by atoms with Gasteiger partial charge in [-0.2, -0.15) is 5.10 Å². The van der Waals surface area contributed by atoms with Gasteiger partial charge in [0, 0.05) is 11.3 Å². The van der Waals surface area contributed by atoms with E-state index in [-0.39, 0.29) is 11.9 Å². The first kappa shape index (κ1) is 13.7. The number of aromatic nitrogens is 2. The summed E-state index contributed by atoms with van der Waals surface area (Å²) in [7, 11) is 0. The minimum Gasteiger partial charge on any atom is -0.322 e. The summed E-state index contributed by atoms with van der Waals surface area (Å²) in [5.74, 6) is -0.254. The summed E-state index contributed by atoms with van der Waals surface area (Å²) >= 11 is 0. The molecule has 0 radical (unpaired) electrons. The molecule has 1 aromatic carbocycles. The molecule has 0 spiro atoms. The van der Waals surface area contributed by atoms with E-state index >= 15 is 0 Å². The standard InChI is InChI=1S/C15H20FN3/c1-3-11-9-12(4-2)19(18-11)10-15(17)13-7-5-6-8-14(13)16/h5-9,15H,3-4,10,17H2,1-2H3. The van der Waals surface area contributed by atoms with Crippen LogP contribution in [0.4, 0.5) is 4.39 Å². The van der Waals surface area contributed by atoms with E-state index in [1.54, 1.807) is 18.2 Å². The molecule has 0 aliphatic rings. The highest BCUT2D eigenvalue weighted by molar-refractivity contribution is 5.21. The van der Waals surface area contributed by atoms with E-state index in [0.29, 0.717) is 12.1 Å². The maximum Gasteiger partial charge on any atom is 0.128 e. The van der Waals surface area contributed by atoms with Crippen molar-refractivity contribution in [3.63, 3.8) is 0 Å². The van der Waals surface area contributed by atoms with Gasteiger partial charge in [-0.25, -0.2) is 4.39 Å². The van der Waals surface area contributed by atoms with Crippen LogP contribution >= 0.6 is 0 Å². The number of rotatable bonds is 5. The van der Waals surface area contributed by atoms with Gasteiger partial charge in [-0.15, -0.1) is 0 Å². The molecular weight excluding hydrogens is 241 g/mol. The van der Waals surface area contributed by atoms with Gasteiger partial charge in [0.05, 0.1) is 18.3 Å². The van der Waals surface area contributed by atoms with Crippen molar-refractivity contribution < 1.29 is 4.39 Å². The molecule has 1 unspecified atom stereocenters. The van der Waals surface area contributed by atoms with Crippen LogP contribution in [-0.2, 0) is 19.4 Å². The normalized spacial score (nSPS) is 12.6. The number of halogens is 1. The van der Waals surface area contributed by atoms with E-state index < -0.39 is 0 Å². The molecule has 19 heavy (non-hydrogen) atoms. The number of hydrogen-bond donors (Lipinski definition) is 1. The number of nitrogens with zero attached hydrogens (tertiary/aromatic N) is 2. The molecule has 0 aliphatic carbocycles. The third kappa shape index (κ3) is 3.01. The van der Waals surface area contributed by atoms with Gasteiger partial charge in [0.15, 0.2) is 0 Å². The van der Waals surface area contributed by atoms with Gasteiger partial charge >= 0.3 is 0 Å². The second-order valence-corrected chi connectivity index (χ2v) is 4.64. The Morgan fingerprint density at radius 2 is 2.00 bits per heavy atom. The second kappa shape index (κ2) is 5.97. The van der Waals surface area contributed by atoms with Crippen LogP contribution in [0.15, 0.2) is 30.3 Å². The predicted octanol–water partition coefficient (Wildman–Crippen LogP) is 2.85. The largest absolute Gasteiger partial charge is 0.322 e. The maximum absolute atomic E-state index is 13.7. The molecule has 2 aromatic rings. The number of benzene rings is 1. The summed E-state index contributed by atoms with van der Waals surface area (Å²) in [5.41, 5.74) is 8.84. The van der Waals surface area contributed by atoms with Gasteiger partial charge in [-0.3, -0.25) is 4.68 Å². The van der Waals surface area contributed by atoms with Gasteiger partial charge in [0.1, 0.15) is 5.82 Å². The molecule has 0 saturated carbocycles. The van der Waals surface area contributed by atoms with Crippen LogP contribution < -0.4 is 5.73 Å². The Morgan fingerprint density at radius 1 is 1.26 bits per heavy atom. The lowest BCUT2D eigenvalue weighted by molar-refractivity contribution is 0.487. The Labute approximate surface area is 113 Å². The van der Waals surface area contributed by atoms with Crippen molar-refractivity contribution in [3.8, 4) is 0 Å². The maximum atomic E-state index is 13.7. The zero-order valence-electron chi connectivity index (χ0n) is 11.4. The number of nitrogens with two attached hydrogens (primary N) is 1. The van der Waals surface area contributed by atoms with E-state index in [9.17, 15) is 4.39 Å². The minimum absolute atomic E-state index is 0.254. The van der Waals surface area contributed by atoms with Crippen LogP contribution in [0.1, 0.15) is 36.8 Å². The molecule has 102 valence electrons. The molecule has 2 rings (SSSR count). The molecule has 3 nitrogen and oxygen atoms in total. The molecule has 0 saturated heterocycles. The molecule has 4 heteroatoms. The quantitative estimate of drug-likeness (QED) is 0.899. The molecule has 0 bridgehead atoms. The molecule has 0 fully saturated rings. The first-order chi connectivity index (χ1) is 9.15. The zero-order valence-corrected chi connectivity index (χ0v) is 11.4. The molecule has 0 aliphatic heterocycles. The zero-order chi connectivity index (χ0) is 13.8. The van der Waals surface area contributed by atoms with E-state index in [1.807, 2.05) is 4.68 Å². The van der Waals surface area contributed by atoms with Gasteiger partial charge in [-0.05, 0) is 25.0 Å². The Morgan fingerprint density at radius 3 is 2.63 bits per heavy atom. The Hall–Kier alpha value is -1.68. The van der Waals surface area contributed by atoms with Crippen molar-refractivity contribution in [2.75, 3.05) is 0 Å². The smallest absolute Gasteiger partial charge is 0.128 e. The SMILES string of the molecule is CCc1cc(CC)n(CC(N)c2ccccc2F)n1. The summed E-state index contributed by atoms with van der Waals surface area (Å²) in [4.78, 5) is 0. The lowest BCUT2D eigenvalue weighted by atomic mass is 10.1. The lowest BCUT2D eigenvalue weighted by Gasteiger charge is -2.14. The van der Waals surface area contributed by atoms with Crippen molar-refractivity contribution in [3.05, 3.63) is 53.1 Å². The summed E-state index contributed by atoms with van der Waals surface area (Å²) < 4.78 is 15.6. The van der Waals surface area contributed by atoms with Crippen LogP contribution in [-0.4, -0.2) is 9.78 Å². The average molecular weight is 261 g/mol. The van der Waals surface area contributed by atoms with Crippen LogP contribution in [0.5, 0.6) is 0 Å². The van der Waals surface area contributed by atoms with E-state index in [0.717, 1.165) is 24.2 Å². The fraction of sp³-hybridized carbons (Fsp3) is 0.400. The first-order valence-electron chi connectivity index (χ1n) is 6.71. The fourth-order valence-corrected chi connectivity index (χ4v) is 2.19.